The minimum absolute atomic E-state index is 0.137. The lowest BCUT2D eigenvalue weighted by Crippen LogP contribution is -2.20. The summed E-state index contributed by atoms with van der Waals surface area (Å²) in [4.78, 5) is 7.03. The zero-order valence-corrected chi connectivity index (χ0v) is 16.5. The quantitative estimate of drug-likeness (QED) is 0.707. The topological polar surface area (TPSA) is 24.8 Å². The first-order valence-electron chi connectivity index (χ1n) is 8.54. The Morgan fingerprint density at radius 1 is 1.16 bits per heavy atom. The monoisotopic (exact) mass is 398 g/mol. The van der Waals surface area contributed by atoms with E-state index in [9.17, 15) is 0 Å². The predicted octanol–water partition coefficient (Wildman–Crippen LogP) is 5.19. The molecule has 130 valence electrons. The highest BCUT2D eigenvalue weighted by molar-refractivity contribution is 9.10. The van der Waals surface area contributed by atoms with Crippen molar-refractivity contribution < 1.29 is 4.74 Å². The summed E-state index contributed by atoms with van der Waals surface area (Å²) in [5.74, 6) is 0.883. The summed E-state index contributed by atoms with van der Waals surface area (Å²) in [6.45, 7) is 5.79. The first kappa shape index (κ1) is 17.7. The maximum absolute atomic E-state index is 5.93. The molecule has 2 aromatic rings. The van der Waals surface area contributed by atoms with Gasteiger partial charge in [-0.25, -0.2) is 0 Å². The van der Waals surface area contributed by atoms with Crippen molar-refractivity contribution in [1.29, 1.82) is 0 Å². The lowest BCUT2D eigenvalue weighted by atomic mass is 10.1. The summed E-state index contributed by atoms with van der Waals surface area (Å²) in [7, 11) is 2.11. The molecular weight excluding hydrogens is 376 g/mol. The molecule has 25 heavy (non-hydrogen) atoms. The molecule has 0 fully saturated rings. The Labute approximate surface area is 158 Å². The van der Waals surface area contributed by atoms with Crippen LogP contribution in [0.15, 0.2) is 58.0 Å². The number of hydrogen-bond donors (Lipinski definition) is 0. The van der Waals surface area contributed by atoms with Crippen LogP contribution in [0.2, 0.25) is 0 Å². The first-order chi connectivity index (χ1) is 12.0. The Bertz CT molecular complexity index is 811. The predicted molar refractivity (Wildman–Crippen MR) is 110 cm³/mol. The number of likely N-dealkylation sites (N-methyl/N-ethyl adjacent to an activating group) is 1. The van der Waals surface area contributed by atoms with Gasteiger partial charge in [-0.05, 0) is 50.3 Å². The van der Waals surface area contributed by atoms with Gasteiger partial charge in [0.2, 0.25) is 0 Å². The van der Waals surface area contributed by atoms with Crippen molar-refractivity contribution in [2.24, 2.45) is 4.99 Å². The number of hydrogen-bond acceptors (Lipinski definition) is 3. The largest absolute Gasteiger partial charge is 0.490 e. The van der Waals surface area contributed by atoms with E-state index in [-0.39, 0.29) is 6.10 Å². The summed E-state index contributed by atoms with van der Waals surface area (Å²) in [6.07, 6.45) is 4.31. The molecular formula is C21H23BrN2O. The van der Waals surface area contributed by atoms with Crippen LogP contribution in [0, 0.1) is 0 Å². The van der Waals surface area contributed by atoms with E-state index in [0.717, 1.165) is 34.6 Å². The molecule has 3 rings (SSSR count). The SMILES string of the molecule is CC(C)Oc1ccc(Br)cc1/C=C/C1=NCCN(C)c2ccccc21. The van der Waals surface area contributed by atoms with Crippen LogP contribution in [-0.4, -0.2) is 32.0 Å². The van der Waals surface area contributed by atoms with Crippen molar-refractivity contribution >= 4 is 33.4 Å². The van der Waals surface area contributed by atoms with Gasteiger partial charge in [0.25, 0.3) is 0 Å². The number of halogens is 1. The molecule has 0 unspecified atom stereocenters. The van der Waals surface area contributed by atoms with E-state index in [1.54, 1.807) is 0 Å². The molecule has 3 nitrogen and oxygen atoms in total. The highest BCUT2D eigenvalue weighted by Crippen LogP contribution is 2.27. The van der Waals surface area contributed by atoms with Crippen LogP contribution in [0.1, 0.15) is 25.0 Å². The molecule has 2 aromatic carbocycles. The fraction of sp³-hybridized carbons (Fsp3) is 0.286. The summed E-state index contributed by atoms with van der Waals surface area (Å²) in [5.41, 5.74) is 4.44. The van der Waals surface area contributed by atoms with E-state index in [1.165, 1.54) is 11.3 Å². The second-order valence-corrected chi connectivity index (χ2v) is 7.30. The Morgan fingerprint density at radius 2 is 1.96 bits per heavy atom. The van der Waals surface area contributed by atoms with E-state index >= 15 is 0 Å². The minimum atomic E-state index is 0.137. The molecule has 0 atom stereocenters. The fourth-order valence-electron chi connectivity index (χ4n) is 2.87. The van der Waals surface area contributed by atoms with Gasteiger partial charge in [0.05, 0.1) is 18.4 Å². The van der Waals surface area contributed by atoms with Crippen LogP contribution >= 0.6 is 15.9 Å². The molecule has 1 aliphatic heterocycles. The van der Waals surface area contributed by atoms with Crippen molar-refractivity contribution in [3.63, 3.8) is 0 Å². The summed E-state index contributed by atoms with van der Waals surface area (Å²) >= 11 is 3.55. The Kier molecular flexibility index (Phi) is 5.59. The summed E-state index contributed by atoms with van der Waals surface area (Å²) in [6, 6.07) is 14.5. The van der Waals surface area contributed by atoms with E-state index in [0.29, 0.717) is 0 Å². The number of rotatable bonds is 4. The third-order valence-corrected chi connectivity index (χ3v) is 4.56. The number of para-hydroxylation sites is 1. The van der Waals surface area contributed by atoms with Crippen LogP contribution in [0.25, 0.3) is 6.08 Å². The molecule has 0 bridgehead atoms. The third-order valence-electron chi connectivity index (χ3n) is 4.06. The molecule has 0 radical (unpaired) electrons. The number of anilines is 1. The van der Waals surface area contributed by atoms with Crippen LogP contribution in [-0.2, 0) is 0 Å². The number of nitrogens with zero attached hydrogens (tertiary/aromatic N) is 2. The van der Waals surface area contributed by atoms with Crippen LogP contribution in [0.3, 0.4) is 0 Å². The van der Waals surface area contributed by atoms with Gasteiger partial charge in [-0.1, -0.05) is 34.1 Å². The third kappa shape index (κ3) is 4.31. The molecule has 0 aromatic heterocycles. The lowest BCUT2D eigenvalue weighted by Gasteiger charge is -2.18. The van der Waals surface area contributed by atoms with Crippen molar-refractivity contribution in [2.45, 2.75) is 20.0 Å². The molecule has 1 aliphatic rings. The molecule has 0 spiro atoms. The van der Waals surface area contributed by atoms with Gasteiger partial charge in [0.1, 0.15) is 5.75 Å². The fourth-order valence-corrected chi connectivity index (χ4v) is 3.25. The maximum Gasteiger partial charge on any atom is 0.126 e. The average Bonchev–Trinajstić information content (AvgIpc) is 2.74. The molecule has 0 saturated carbocycles. The Morgan fingerprint density at radius 3 is 2.76 bits per heavy atom. The first-order valence-corrected chi connectivity index (χ1v) is 9.33. The normalized spacial score (nSPS) is 14.4. The number of benzodiazepines with no additional fused rings is 1. The highest BCUT2D eigenvalue weighted by Gasteiger charge is 2.14. The zero-order chi connectivity index (χ0) is 17.8. The van der Waals surface area contributed by atoms with Gasteiger partial charge in [-0.2, -0.15) is 0 Å². The molecule has 4 heteroatoms. The van der Waals surface area contributed by atoms with Crippen LogP contribution in [0.5, 0.6) is 5.75 Å². The number of benzene rings is 2. The number of ether oxygens (including phenoxy) is 1. The molecule has 0 saturated heterocycles. The summed E-state index contributed by atoms with van der Waals surface area (Å²) in [5, 5.41) is 0. The van der Waals surface area contributed by atoms with Gasteiger partial charge in [0, 0.05) is 34.9 Å². The van der Waals surface area contributed by atoms with Crippen molar-refractivity contribution in [2.75, 3.05) is 25.0 Å². The summed E-state index contributed by atoms with van der Waals surface area (Å²) < 4.78 is 6.96. The molecule has 0 amide bonds. The average molecular weight is 399 g/mol. The number of fused-ring (bicyclic) bond motifs is 1. The second kappa shape index (κ2) is 7.87. The standard InChI is InChI=1S/C21H23BrN2O/c1-15(2)25-21-11-9-17(22)14-16(21)8-10-19-18-6-4-5-7-20(18)24(3)13-12-23-19/h4-11,14-15H,12-13H2,1-3H3/b10-8+. The van der Waals surface area contributed by atoms with E-state index in [2.05, 4.69) is 70.4 Å². The maximum atomic E-state index is 5.93. The van der Waals surface area contributed by atoms with Gasteiger partial charge in [-0.15, -0.1) is 0 Å². The smallest absolute Gasteiger partial charge is 0.126 e. The Balaban J connectivity index is 1.96. The molecule has 1 heterocycles. The number of aliphatic imine (C=N–C) groups is 1. The van der Waals surface area contributed by atoms with Crippen molar-refractivity contribution in [3.05, 3.63) is 64.1 Å². The van der Waals surface area contributed by atoms with Gasteiger partial charge in [0.15, 0.2) is 0 Å². The van der Waals surface area contributed by atoms with E-state index < -0.39 is 0 Å². The van der Waals surface area contributed by atoms with Crippen molar-refractivity contribution in [1.82, 2.24) is 0 Å². The van der Waals surface area contributed by atoms with Gasteiger partial charge in [-0.3, -0.25) is 4.99 Å². The van der Waals surface area contributed by atoms with Gasteiger partial charge >= 0.3 is 0 Å². The van der Waals surface area contributed by atoms with E-state index in [4.69, 9.17) is 9.73 Å². The molecule has 0 N–H and O–H groups in total. The van der Waals surface area contributed by atoms with Gasteiger partial charge < -0.3 is 9.64 Å². The second-order valence-electron chi connectivity index (χ2n) is 6.39. The van der Waals surface area contributed by atoms with E-state index in [1.807, 2.05) is 26.0 Å². The Hall–Kier alpha value is -2.07. The minimum Gasteiger partial charge on any atom is -0.490 e. The van der Waals surface area contributed by atoms with Crippen LogP contribution in [0.4, 0.5) is 5.69 Å². The number of allylic oxidation sites excluding steroid dienone is 1. The highest BCUT2D eigenvalue weighted by atomic mass is 79.9. The van der Waals surface area contributed by atoms with Crippen LogP contribution < -0.4 is 9.64 Å². The lowest BCUT2D eigenvalue weighted by molar-refractivity contribution is 0.242. The molecule has 0 aliphatic carbocycles. The van der Waals surface area contributed by atoms with Crippen molar-refractivity contribution in [3.8, 4) is 5.75 Å². The zero-order valence-electron chi connectivity index (χ0n) is 14.9.